The van der Waals surface area contributed by atoms with E-state index >= 15 is 0 Å². The van der Waals surface area contributed by atoms with Crippen molar-refractivity contribution in [1.29, 1.82) is 0 Å². The highest BCUT2D eigenvalue weighted by atomic mass is 16.6. The second-order valence-electron chi connectivity index (χ2n) is 12.5. The molecule has 13 heteroatoms. The zero-order valence-corrected chi connectivity index (χ0v) is 29.2. The summed E-state index contributed by atoms with van der Waals surface area (Å²) in [4.78, 5) is 96.1. The monoisotopic (exact) mass is 694 g/mol. The maximum absolute atomic E-state index is 13.7. The normalized spacial score (nSPS) is 19.7. The number of ether oxygens (including phenoxy) is 4. The number of aromatic nitrogens is 1. The Balaban J connectivity index is 1.82. The summed E-state index contributed by atoms with van der Waals surface area (Å²) in [6, 6.07) is 8.83. The Morgan fingerprint density at radius 2 is 1.64 bits per heavy atom. The lowest BCUT2D eigenvalue weighted by molar-refractivity contribution is -0.164. The highest BCUT2D eigenvalue weighted by molar-refractivity contribution is 6.44. The Kier molecular flexibility index (Phi) is 15.4. The molecule has 1 N–H and O–H groups in total. The predicted molar refractivity (Wildman–Crippen MR) is 179 cm³/mol. The van der Waals surface area contributed by atoms with Crippen molar-refractivity contribution in [3.63, 3.8) is 0 Å². The molecule has 0 radical (unpaired) electrons. The Morgan fingerprint density at radius 1 is 0.940 bits per heavy atom. The van der Waals surface area contributed by atoms with Crippen LogP contribution in [0.25, 0.3) is 0 Å². The number of ketones is 4. The Labute approximate surface area is 291 Å². The topological polar surface area (TPSA) is 181 Å². The van der Waals surface area contributed by atoms with E-state index in [0.717, 1.165) is 12.8 Å². The molecule has 0 spiro atoms. The first-order valence-corrected chi connectivity index (χ1v) is 16.9. The van der Waals surface area contributed by atoms with Gasteiger partial charge in [0.25, 0.3) is 0 Å². The predicted octanol–water partition coefficient (Wildman–Crippen LogP) is 3.71. The van der Waals surface area contributed by atoms with Crippen molar-refractivity contribution < 1.29 is 52.5 Å². The fourth-order valence-corrected chi connectivity index (χ4v) is 5.36. The number of Topliss-reactive ketones (excluding diaryl/α,β-unsaturated/α-hetero) is 4. The number of benzene rings is 1. The third-order valence-electron chi connectivity index (χ3n) is 8.30. The molecule has 0 aliphatic heterocycles. The van der Waals surface area contributed by atoms with Gasteiger partial charge in [0.1, 0.15) is 11.8 Å². The summed E-state index contributed by atoms with van der Waals surface area (Å²) in [5, 5.41) is 2.85. The van der Waals surface area contributed by atoms with Crippen LogP contribution in [0.4, 0.5) is 0 Å². The number of rotatable bonds is 16. The van der Waals surface area contributed by atoms with Crippen LogP contribution in [0.3, 0.4) is 0 Å². The van der Waals surface area contributed by atoms with Crippen molar-refractivity contribution in [2.24, 2.45) is 17.8 Å². The molecule has 2 aromatic rings. The Bertz CT molecular complexity index is 1540. The molecule has 0 saturated heterocycles. The van der Waals surface area contributed by atoms with E-state index in [-0.39, 0.29) is 49.4 Å². The number of nitrogens with zero attached hydrogens (tertiary/aromatic N) is 1. The van der Waals surface area contributed by atoms with E-state index < -0.39 is 77.4 Å². The molecule has 1 aromatic heterocycles. The molecule has 0 amide bonds. The SMILES string of the molecule is CCCCOC(=O)CCCC(=O)Oc1c(OC)ccnc1CN[C@H]1CC(=O)C(=O)[C@H](Cc2ccccc2)[C@H](OC(=O)C(C)C)[C@H](C)C(=O)C1=O. The molecule has 270 valence electrons. The molecule has 1 aromatic carbocycles. The average molecular weight is 695 g/mol. The van der Waals surface area contributed by atoms with Crippen LogP contribution < -0.4 is 14.8 Å². The van der Waals surface area contributed by atoms with E-state index in [1.165, 1.54) is 26.3 Å². The van der Waals surface area contributed by atoms with Gasteiger partial charge >= 0.3 is 17.9 Å². The van der Waals surface area contributed by atoms with Gasteiger partial charge in [0.2, 0.25) is 23.1 Å². The van der Waals surface area contributed by atoms with Crippen LogP contribution in [0.2, 0.25) is 0 Å². The second kappa shape index (κ2) is 19.4. The fraction of sp³-hybridized carbons (Fsp3) is 0.514. The molecule has 4 atom stereocenters. The number of esters is 3. The molecule has 1 aliphatic rings. The zero-order chi connectivity index (χ0) is 36.8. The molecule has 13 nitrogen and oxygen atoms in total. The third kappa shape index (κ3) is 11.1. The highest BCUT2D eigenvalue weighted by Gasteiger charge is 2.46. The number of unbranched alkanes of at least 4 members (excludes halogenated alkanes) is 1. The maximum atomic E-state index is 13.7. The lowest BCUT2D eigenvalue weighted by atomic mass is 9.81. The molecule has 3 rings (SSSR count). The van der Waals surface area contributed by atoms with Crippen molar-refractivity contribution in [2.75, 3.05) is 13.7 Å². The molecular formula is C37H46N2O11. The van der Waals surface area contributed by atoms with Gasteiger partial charge in [-0.2, -0.15) is 0 Å². The summed E-state index contributed by atoms with van der Waals surface area (Å²) < 4.78 is 21.7. The summed E-state index contributed by atoms with van der Waals surface area (Å²) in [7, 11) is 1.36. The summed E-state index contributed by atoms with van der Waals surface area (Å²) in [5.74, 6) is -8.37. The van der Waals surface area contributed by atoms with Gasteiger partial charge in [-0.05, 0) is 24.8 Å². The fourth-order valence-electron chi connectivity index (χ4n) is 5.36. The van der Waals surface area contributed by atoms with Gasteiger partial charge in [-0.3, -0.25) is 38.5 Å². The van der Waals surface area contributed by atoms with E-state index in [0.29, 0.717) is 12.2 Å². The van der Waals surface area contributed by atoms with Crippen LogP contribution in [0.5, 0.6) is 11.5 Å². The summed E-state index contributed by atoms with van der Waals surface area (Å²) >= 11 is 0. The van der Waals surface area contributed by atoms with Gasteiger partial charge in [0, 0.05) is 38.1 Å². The summed E-state index contributed by atoms with van der Waals surface area (Å²) in [6.07, 6.45) is 1.13. The molecule has 0 bridgehead atoms. The molecule has 1 heterocycles. The van der Waals surface area contributed by atoms with Crippen molar-refractivity contribution in [3.8, 4) is 11.5 Å². The minimum Gasteiger partial charge on any atom is -0.493 e. The third-order valence-corrected chi connectivity index (χ3v) is 8.30. The minimum absolute atomic E-state index is 0.00780. The Hall–Kier alpha value is -4.78. The lowest BCUT2D eigenvalue weighted by Gasteiger charge is -2.29. The lowest BCUT2D eigenvalue weighted by Crippen LogP contribution is -2.46. The molecule has 1 fully saturated rings. The second-order valence-corrected chi connectivity index (χ2v) is 12.5. The van der Waals surface area contributed by atoms with Gasteiger partial charge in [-0.1, -0.05) is 64.4 Å². The number of pyridine rings is 1. The summed E-state index contributed by atoms with van der Waals surface area (Å²) in [5.41, 5.74) is 0.802. The maximum Gasteiger partial charge on any atom is 0.311 e. The van der Waals surface area contributed by atoms with Crippen molar-refractivity contribution in [3.05, 3.63) is 53.9 Å². The van der Waals surface area contributed by atoms with Crippen LogP contribution in [0, 0.1) is 17.8 Å². The van der Waals surface area contributed by atoms with Crippen molar-refractivity contribution in [1.82, 2.24) is 10.3 Å². The van der Waals surface area contributed by atoms with Crippen LogP contribution in [-0.4, -0.2) is 71.9 Å². The van der Waals surface area contributed by atoms with Gasteiger partial charge < -0.3 is 24.3 Å². The van der Waals surface area contributed by atoms with Crippen LogP contribution >= 0.6 is 0 Å². The van der Waals surface area contributed by atoms with Gasteiger partial charge in [0.05, 0.1) is 37.5 Å². The van der Waals surface area contributed by atoms with E-state index in [2.05, 4.69) is 10.3 Å². The van der Waals surface area contributed by atoms with E-state index in [4.69, 9.17) is 18.9 Å². The smallest absolute Gasteiger partial charge is 0.311 e. The number of carbonyl (C=O) groups excluding carboxylic acids is 7. The van der Waals surface area contributed by atoms with Gasteiger partial charge in [-0.15, -0.1) is 0 Å². The van der Waals surface area contributed by atoms with Crippen molar-refractivity contribution in [2.45, 2.75) is 91.3 Å². The highest BCUT2D eigenvalue weighted by Crippen LogP contribution is 2.31. The number of hydrogen-bond acceptors (Lipinski definition) is 13. The minimum atomic E-state index is -1.44. The molecule has 1 aliphatic carbocycles. The molecular weight excluding hydrogens is 648 g/mol. The first-order valence-electron chi connectivity index (χ1n) is 16.9. The van der Waals surface area contributed by atoms with E-state index in [1.807, 2.05) is 6.92 Å². The van der Waals surface area contributed by atoms with Crippen LogP contribution in [-0.2, 0) is 56.0 Å². The first-order chi connectivity index (χ1) is 23.9. The van der Waals surface area contributed by atoms with E-state index in [1.54, 1.807) is 44.2 Å². The number of methoxy groups -OCH3 is 1. The van der Waals surface area contributed by atoms with Crippen LogP contribution in [0.15, 0.2) is 42.6 Å². The molecule has 0 unspecified atom stereocenters. The molecule has 1 saturated carbocycles. The van der Waals surface area contributed by atoms with E-state index in [9.17, 15) is 33.6 Å². The number of nitrogens with one attached hydrogen (secondary N) is 1. The first kappa shape index (κ1) is 39.7. The largest absolute Gasteiger partial charge is 0.493 e. The quantitative estimate of drug-likeness (QED) is 0.153. The number of hydrogen-bond donors (Lipinski definition) is 1. The molecule has 50 heavy (non-hydrogen) atoms. The Morgan fingerprint density at radius 3 is 2.30 bits per heavy atom. The van der Waals surface area contributed by atoms with Gasteiger partial charge in [-0.25, -0.2) is 0 Å². The standard InChI is InChI=1S/C37H46N2O11/c1-6-7-18-48-30(41)14-11-15-31(42)49-36-27(38-17-16-29(36)47-5)21-39-26-20-28(40)33(44)25(19-24-12-9-8-10-13-24)35(50-37(46)22(2)3)23(4)32(43)34(26)45/h8-10,12-13,16-17,22-23,25-26,35,39H,6-7,11,14-15,18-21H2,1-5H3/t23-,25+,26+,35-/m1/s1. The van der Waals surface area contributed by atoms with Crippen molar-refractivity contribution >= 4 is 41.0 Å². The zero-order valence-electron chi connectivity index (χ0n) is 29.2. The average Bonchev–Trinajstić information content (AvgIpc) is 3.12. The van der Waals surface area contributed by atoms with Crippen LogP contribution in [0.1, 0.15) is 77.5 Å². The summed E-state index contributed by atoms with van der Waals surface area (Å²) in [6.45, 7) is 6.63. The van der Waals surface area contributed by atoms with Gasteiger partial charge in [0.15, 0.2) is 11.5 Å². The number of carbonyl (C=O) groups is 7.